The average Bonchev–Trinajstić information content (AvgIpc) is 2.84. The molecule has 0 aliphatic carbocycles. The highest BCUT2D eigenvalue weighted by Gasteiger charge is 2.30. The van der Waals surface area contributed by atoms with Gasteiger partial charge in [0.05, 0.1) is 24.5 Å². The third-order valence-corrected chi connectivity index (χ3v) is 5.98. The number of nitrogens with zero attached hydrogens (tertiary/aromatic N) is 2. The number of amides is 2. The van der Waals surface area contributed by atoms with E-state index in [4.69, 9.17) is 4.74 Å². The Kier molecular flexibility index (Phi) is 7.70. The van der Waals surface area contributed by atoms with Crippen LogP contribution in [0.15, 0.2) is 66.7 Å². The number of hydrogen-bond acceptors (Lipinski definition) is 3. The minimum Gasteiger partial charge on any atom is -0.379 e. The molecule has 0 unspecified atom stereocenters. The van der Waals surface area contributed by atoms with E-state index in [0.29, 0.717) is 31.0 Å². The number of alkyl halides is 3. The molecule has 2 amide bonds. The minimum absolute atomic E-state index is 0.220. The molecule has 8 heteroatoms. The van der Waals surface area contributed by atoms with Crippen molar-refractivity contribution in [3.63, 3.8) is 0 Å². The maximum Gasteiger partial charge on any atom is 0.416 e. The van der Waals surface area contributed by atoms with E-state index >= 15 is 0 Å². The fraction of sp³-hybridized carbons (Fsp3) is 0.346. The number of hydrogen-bond donors (Lipinski definition) is 1. The van der Waals surface area contributed by atoms with E-state index in [1.165, 1.54) is 12.1 Å². The third kappa shape index (κ3) is 6.27. The maximum absolute atomic E-state index is 13.3. The fourth-order valence-corrected chi connectivity index (χ4v) is 4.11. The standard InChI is InChI=1S/C26H28F3N3O2/c27-26(28,29)22-11-9-20(10-12-22)19-32(14-4-13-31-15-17-34-18-16-31)25(33)30-24-8-3-6-21-5-1-2-7-23(21)24/h1-3,5-12H,4,13-19H2,(H,30,33). The minimum atomic E-state index is -4.39. The van der Waals surface area contributed by atoms with E-state index in [0.717, 1.165) is 49.0 Å². The maximum atomic E-state index is 13.3. The molecule has 0 atom stereocenters. The van der Waals surface area contributed by atoms with E-state index in [2.05, 4.69) is 10.2 Å². The van der Waals surface area contributed by atoms with Crippen molar-refractivity contribution in [3.8, 4) is 0 Å². The van der Waals surface area contributed by atoms with Gasteiger partial charge < -0.3 is 15.0 Å². The van der Waals surface area contributed by atoms with Crippen molar-refractivity contribution >= 4 is 22.5 Å². The quantitative estimate of drug-likeness (QED) is 0.487. The molecule has 180 valence electrons. The van der Waals surface area contributed by atoms with Gasteiger partial charge in [0, 0.05) is 38.1 Å². The summed E-state index contributed by atoms with van der Waals surface area (Å²) in [5.41, 5.74) is 0.650. The summed E-state index contributed by atoms with van der Waals surface area (Å²) in [4.78, 5) is 17.2. The van der Waals surface area contributed by atoms with Crippen molar-refractivity contribution in [2.75, 3.05) is 44.7 Å². The highest BCUT2D eigenvalue weighted by atomic mass is 19.4. The van der Waals surface area contributed by atoms with Gasteiger partial charge in [0.1, 0.15) is 0 Å². The van der Waals surface area contributed by atoms with Crippen LogP contribution in [0.5, 0.6) is 0 Å². The van der Waals surface area contributed by atoms with Crippen LogP contribution in [0.2, 0.25) is 0 Å². The highest BCUT2D eigenvalue weighted by molar-refractivity contribution is 6.01. The van der Waals surface area contributed by atoms with Crippen LogP contribution in [0.4, 0.5) is 23.7 Å². The monoisotopic (exact) mass is 471 g/mol. The molecule has 1 fully saturated rings. The molecular weight excluding hydrogens is 443 g/mol. The van der Waals surface area contributed by atoms with Crippen molar-refractivity contribution in [1.29, 1.82) is 0 Å². The van der Waals surface area contributed by atoms with Gasteiger partial charge in [-0.05, 0) is 35.6 Å². The number of urea groups is 1. The predicted octanol–water partition coefficient (Wildman–Crippen LogP) is 5.62. The summed E-state index contributed by atoms with van der Waals surface area (Å²) in [6.07, 6.45) is -3.63. The van der Waals surface area contributed by atoms with Crippen LogP contribution >= 0.6 is 0 Å². The molecule has 4 rings (SSSR count). The van der Waals surface area contributed by atoms with Gasteiger partial charge in [-0.25, -0.2) is 4.79 Å². The van der Waals surface area contributed by atoms with Gasteiger partial charge in [-0.1, -0.05) is 48.5 Å². The number of ether oxygens (including phenoxy) is 1. The fourth-order valence-electron chi connectivity index (χ4n) is 4.11. The summed E-state index contributed by atoms with van der Waals surface area (Å²) in [6, 6.07) is 18.2. The number of carbonyl (C=O) groups is 1. The number of nitrogens with one attached hydrogen (secondary N) is 1. The average molecular weight is 472 g/mol. The second-order valence-corrected chi connectivity index (χ2v) is 8.38. The van der Waals surface area contributed by atoms with Gasteiger partial charge in [0.25, 0.3) is 0 Å². The molecule has 0 aromatic heterocycles. The van der Waals surface area contributed by atoms with Crippen LogP contribution in [-0.4, -0.2) is 55.2 Å². The van der Waals surface area contributed by atoms with Crippen molar-refractivity contribution in [2.45, 2.75) is 19.1 Å². The van der Waals surface area contributed by atoms with Crippen molar-refractivity contribution < 1.29 is 22.7 Å². The molecule has 1 aliphatic heterocycles. The van der Waals surface area contributed by atoms with E-state index < -0.39 is 11.7 Å². The summed E-state index contributed by atoms with van der Waals surface area (Å²) in [7, 11) is 0. The van der Waals surface area contributed by atoms with Gasteiger partial charge in [-0.3, -0.25) is 4.90 Å². The molecular formula is C26H28F3N3O2. The van der Waals surface area contributed by atoms with Gasteiger partial charge in [-0.15, -0.1) is 0 Å². The predicted molar refractivity (Wildman–Crippen MR) is 127 cm³/mol. The molecule has 3 aromatic rings. The molecule has 0 radical (unpaired) electrons. The van der Waals surface area contributed by atoms with Crippen molar-refractivity contribution in [3.05, 3.63) is 77.9 Å². The van der Waals surface area contributed by atoms with Gasteiger partial charge >= 0.3 is 12.2 Å². The molecule has 0 saturated carbocycles. The summed E-state index contributed by atoms with van der Waals surface area (Å²) in [5.74, 6) is 0. The number of morpholine rings is 1. The lowest BCUT2D eigenvalue weighted by Gasteiger charge is -2.28. The summed E-state index contributed by atoms with van der Waals surface area (Å²) < 4.78 is 44.2. The zero-order valence-corrected chi connectivity index (χ0v) is 18.9. The largest absolute Gasteiger partial charge is 0.416 e. The first-order chi connectivity index (χ1) is 16.4. The Morgan fingerprint density at radius 1 is 0.971 bits per heavy atom. The first-order valence-electron chi connectivity index (χ1n) is 11.4. The molecule has 1 aliphatic rings. The summed E-state index contributed by atoms with van der Waals surface area (Å²) in [5, 5.41) is 4.95. The van der Waals surface area contributed by atoms with E-state index in [-0.39, 0.29) is 12.6 Å². The lowest BCUT2D eigenvalue weighted by Crippen LogP contribution is -2.40. The van der Waals surface area contributed by atoms with Crippen molar-refractivity contribution in [1.82, 2.24) is 9.80 Å². The van der Waals surface area contributed by atoms with Crippen LogP contribution in [-0.2, 0) is 17.5 Å². The second-order valence-electron chi connectivity index (χ2n) is 8.38. The van der Waals surface area contributed by atoms with E-state index in [1.807, 2.05) is 42.5 Å². The highest BCUT2D eigenvalue weighted by Crippen LogP contribution is 2.29. The molecule has 5 nitrogen and oxygen atoms in total. The zero-order valence-electron chi connectivity index (χ0n) is 18.9. The Balaban J connectivity index is 1.47. The normalized spacial score (nSPS) is 14.8. The summed E-state index contributed by atoms with van der Waals surface area (Å²) >= 11 is 0. The number of halogens is 3. The number of carbonyl (C=O) groups excluding carboxylic acids is 1. The first-order valence-corrected chi connectivity index (χ1v) is 11.4. The van der Waals surface area contributed by atoms with Gasteiger partial charge in [0.15, 0.2) is 0 Å². The number of rotatable bonds is 7. The number of fused-ring (bicyclic) bond motifs is 1. The van der Waals surface area contributed by atoms with Crippen LogP contribution < -0.4 is 5.32 Å². The lowest BCUT2D eigenvalue weighted by atomic mass is 10.1. The van der Waals surface area contributed by atoms with Gasteiger partial charge in [0.2, 0.25) is 0 Å². The smallest absolute Gasteiger partial charge is 0.379 e. The molecule has 1 heterocycles. The third-order valence-electron chi connectivity index (χ3n) is 5.98. The Hall–Kier alpha value is -3.10. The first kappa shape index (κ1) is 24.0. The molecule has 3 aromatic carbocycles. The Morgan fingerprint density at radius 3 is 2.41 bits per heavy atom. The number of benzene rings is 3. The van der Waals surface area contributed by atoms with Gasteiger partial charge in [-0.2, -0.15) is 13.2 Å². The topological polar surface area (TPSA) is 44.8 Å². The SMILES string of the molecule is O=C(Nc1cccc2ccccc12)N(CCCN1CCOCC1)Cc1ccc(C(F)(F)F)cc1. The van der Waals surface area contributed by atoms with Crippen LogP contribution in [0.1, 0.15) is 17.5 Å². The van der Waals surface area contributed by atoms with Crippen molar-refractivity contribution in [2.24, 2.45) is 0 Å². The van der Waals surface area contributed by atoms with E-state index in [9.17, 15) is 18.0 Å². The Bertz CT molecular complexity index is 1090. The Labute approximate surface area is 197 Å². The molecule has 1 N–H and O–H groups in total. The molecule has 0 bridgehead atoms. The van der Waals surface area contributed by atoms with Crippen LogP contribution in [0.3, 0.4) is 0 Å². The molecule has 1 saturated heterocycles. The van der Waals surface area contributed by atoms with E-state index in [1.54, 1.807) is 4.90 Å². The second kappa shape index (κ2) is 10.9. The number of anilines is 1. The molecule has 0 spiro atoms. The molecule has 34 heavy (non-hydrogen) atoms. The van der Waals surface area contributed by atoms with Crippen LogP contribution in [0, 0.1) is 0 Å². The summed E-state index contributed by atoms with van der Waals surface area (Å²) in [6.45, 7) is 4.66. The zero-order chi connectivity index (χ0) is 24.0. The lowest BCUT2D eigenvalue weighted by molar-refractivity contribution is -0.137. The Morgan fingerprint density at radius 2 is 1.68 bits per heavy atom. The van der Waals surface area contributed by atoms with Crippen LogP contribution in [0.25, 0.3) is 10.8 Å².